The van der Waals surface area contributed by atoms with Crippen molar-refractivity contribution in [3.8, 4) is 5.75 Å². The van der Waals surface area contributed by atoms with E-state index in [-0.39, 0.29) is 0 Å². The highest BCUT2D eigenvalue weighted by Gasteiger charge is 2.34. The lowest BCUT2D eigenvalue weighted by Crippen LogP contribution is -2.25. The molecule has 2 aromatic rings. The molecule has 1 unspecified atom stereocenters. The molecule has 0 amide bonds. The zero-order valence-corrected chi connectivity index (χ0v) is 17.7. The second-order valence-corrected chi connectivity index (χ2v) is 8.08. The first-order valence-corrected chi connectivity index (χ1v) is 10.8. The lowest BCUT2D eigenvalue weighted by Gasteiger charge is -2.34. The molecule has 0 radical (unpaired) electrons. The minimum Gasteiger partial charge on any atom is -0.403 e. The van der Waals surface area contributed by atoms with Gasteiger partial charge in [0.25, 0.3) is 0 Å². The fourth-order valence-corrected chi connectivity index (χ4v) is 4.13. The van der Waals surface area contributed by atoms with Gasteiger partial charge in [-0.05, 0) is 41.7 Å². The maximum Gasteiger partial charge on any atom is 0.573 e. The second kappa shape index (κ2) is 10.2. The zero-order chi connectivity index (χ0) is 22.3. The van der Waals surface area contributed by atoms with Crippen LogP contribution in [0.1, 0.15) is 63.0 Å². The predicted molar refractivity (Wildman–Crippen MR) is 116 cm³/mol. The van der Waals surface area contributed by atoms with Crippen molar-refractivity contribution in [2.75, 3.05) is 0 Å². The van der Waals surface area contributed by atoms with E-state index in [1.165, 1.54) is 12.5 Å². The van der Waals surface area contributed by atoms with Crippen molar-refractivity contribution < 1.29 is 22.3 Å². The Morgan fingerprint density at radius 2 is 1.71 bits per heavy atom. The van der Waals surface area contributed by atoms with E-state index >= 15 is 0 Å². The fraction of sp³-hybridized carbons (Fsp3) is 0.385. The van der Waals surface area contributed by atoms with Crippen LogP contribution in [0.4, 0.5) is 17.6 Å². The Labute approximate surface area is 181 Å². The molecular formula is C26H28F4O. The Balaban J connectivity index is 1.85. The molecule has 1 aliphatic rings. The second-order valence-electron chi connectivity index (χ2n) is 8.08. The molecule has 1 atom stereocenters. The Hall–Kier alpha value is -2.56. The molecule has 0 N–H and O–H groups in total. The van der Waals surface area contributed by atoms with E-state index < -0.39 is 23.3 Å². The van der Waals surface area contributed by atoms with Gasteiger partial charge in [0.2, 0.25) is 0 Å². The molecule has 3 rings (SSSR count). The van der Waals surface area contributed by atoms with E-state index in [0.29, 0.717) is 12.0 Å². The van der Waals surface area contributed by atoms with Gasteiger partial charge in [0.05, 0.1) is 0 Å². The van der Waals surface area contributed by atoms with Crippen LogP contribution in [-0.4, -0.2) is 6.36 Å². The summed E-state index contributed by atoms with van der Waals surface area (Å²) in [6.07, 6.45) is 8.37. The van der Waals surface area contributed by atoms with Crippen LogP contribution in [0.5, 0.6) is 5.75 Å². The van der Waals surface area contributed by atoms with E-state index in [1.54, 1.807) is 6.07 Å². The van der Waals surface area contributed by atoms with Crippen molar-refractivity contribution in [3.05, 3.63) is 83.7 Å². The van der Waals surface area contributed by atoms with Crippen molar-refractivity contribution in [1.29, 1.82) is 0 Å². The minimum atomic E-state index is -4.92. The maximum absolute atomic E-state index is 14.5. The van der Waals surface area contributed by atoms with Gasteiger partial charge in [0.1, 0.15) is 0 Å². The van der Waals surface area contributed by atoms with Gasteiger partial charge in [0, 0.05) is 5.41 Å². The van der Waals surface area contributed by atoms with Gasteiger partial charge >= 0.3 is 6.36 Å². The van der Waals surface area contributed by atoms with E-state index in [0.717, 1.165) is 49.3 Å². The summed E-state index contributed by atoms with van der Waals surface area (Å²) in [6, 6.07) is 13.8. The number of allylic oxidation sites excluding steroid dienone is 4. The van der Waals surface area contributed by atoms with Crippen molar-refractivity contribution >= 4 is 5.57 Å². The summed E-state index contributed by atoms with van der Waals surface area (Å²) in [4.78, 5) is 0. The van der Waals surface area contributed by atoms with Gasteiger partial charge < -0.3 is 4.74 Å². The largest absolute Gasteiger partial charge is 0.573 e. The molecule has 1 nitrogen and oxygen atoms in total. The average Bonchev–Trinajstić information content (AvgIpc) is 2.75. The summed E-state index contributed by atoms with van der Waals surface area (Å²) in [5.41, 5.74) is 2.44. The maximum atomic E-state index is 14.5. The third kappa shape index (κ3) is 6.22. The highest BCUT2D eigenvalue weighted by Crippen LogP contribution is 2.42. The van der Waals surface area contributed by atoms with E-state index in [9.17, 15) is 17.6 Å². The average molecular weight is 433 g/mol. The number of hydrogen-bond acceptors (Lipinski definition) is 1. The Morgan fingerprint density at radius 3 is 2.32 bits per heavy atom. The van der Waals surface area contributed by atoms with Crippen molar-refractivity contribution in [2.24, 2.45) is 0 Å². The first-order chi connectivity index (χ1) is 14.8. The monoisotopic (exact) mass is 432 g/mol. The normalized spacial score (nSPS) is 18.7. The molecule has 0 saturated carbocycles. The summed E-state index contributed by atoms with van der Waals surface area (Å²) in [7, 11) is 0. The topological polar surface area (TPSA) is 9.23 Å². The third-order valence-corrected chi connectivity index (χ3v) is 5.83. The van der Waals surface area contributed by atoms with Crippen LogP contribution in [0.3, 0.4) is 0 Å². The van der Waals surface area contributed by atoms with E-state index in [4.69, 9.17) is 0 Å². The Kier molecular flexibility index (Phi) is 7.58. The van der Waals surface area contributed by atoms with Crippen LogP contribution in [0, 0.1) is 5.82 Å². The van der Waals surface area contributed by atoms with Crippen molar-refractivity contribution in [1.82, 2.24) is 0 Å². The predicted octanol–water partition coefficient (Wildman–Crippen LogP) is 8.37. The molecule has 0 spiro atoms. The highest BCUT2D eigenvalue weighted by atomic mass is 19.4. The summed E-state index contributed by atoms with van der Waals surface area (Å²) < 4.78 is 55.8. The molecule has 1 aliphatic carbocycles. The first-order valence-electron chi connectivity index (χ1n) is 10.8. The smallest absolute Gasteiger partial charge is 0.403 e. The number of unbranched alkanes of at least 4 members (excludes halogenated alkanes) is 4. The fourth-order valence-electron chi connectivity index (χ4n) is 4.13. The van der Waals surface area contributed by atoms with Crippen LogP contribution in [0.2, 0.25) is 0 Å². The summed E-state index contributed by atoms with van der Waals surface area (Å²) in [5.74, 6) is -1.79. The molecule has 0 heterocycles. The van der Waals surface area contributed by atoms with Crippen LogP contribution in [0.15, 0.2) is 66.8 Å². The molecule has 0 aromatic heterocycles. The standard InChI is InChI=1S/C26H28F4O/c1-2-3-4-5-9-16-25(17-14-21(15-18-25)20-10-7-6-8-11-20)22-12-13-24(23(27)19-22)31-26(28,29)30/h6-8,10-15,17,19H,2-5,9,16,18H2,1H3. The van der Waals surface area contributed by atoms with Crippen molar-refractivity contribution in [3.63, 3.8) is 0 Å². The van der Waals surface area contributed by atoms with Crippen LogP contribution in [-0.2, 0) is 5.41 Å². The summed E-state index contributed by atoms with van der Waals surface area (Å²) >= 11 is 0. The molecule has 0 saturated heterocycles. The quantitative estimate of drug-likeness (QED) is 0.286. The van der Waals surface area contributed by atoms with Gasteiger partial charge in [-0.1, -0.05) is 93.7 Å². The lowest BCUT2D eigenvalue weighted by atomic mass is 9.70. The lowest BCUT2D eigenvalue weighted by molar-refractivity contribution is -0.275. The molecule has 0 bridgehead atoms. The van der Waals surface area contributed by atoms with Crippen molar-refractivity contribution in [2.45, 2.75) is 63.6 Å². The third-order valence-electron chi connectivity index (χ3n) is 5.83. The van der Waals surface area contributed by atoms with Crippen LogP contribution >= 0.6 is 0 Å². The SMILES string of the molecule is CCCCCCCC1(c2ccc(OC(F)(F)F)c(F)c2)C=CC(c2ccccc2)=CC1. The molecule has 31 heavy (non-hydrogen) atoms. The first kappa shape index (κ1) is 23.1. The van der Waals surface area contributed by atoms with Gasteiger partial charge in [-0.15, -0.1) is 13.2 Å². The van der Waals surface area contributed by atoms with Gasteiger partial charge in [-0.3, -0.25) is 0 Å². The number of ether oxygens (including phenoxy) is 1. The van der Waals surface area contributed by atoms with Crippen LogP contribution in [0.25, 0.3) is 5.57 Å². The number of benzene rings is 2. The molecule has 0 aliphatic heterocycles. The highest BCUT2D eigenvalue weighted by molar-refractivity contribution is 5.75. The Morgan fingerprint density at radius 1 is 0.968 bits per heavy atom. The molecule has 5 heteroatoms. The number of rotatable bonds is 9. The molecule has 0 fully saturated rings. The van der Waals surface area contributed by atoms with E-state index in [2.05, 4.69) is 23.8 Å². The number of halogens is 4. The molecule has 166 valence electrons. The van der Waals surface area contributed by atoms with Gasteiger partial charge in [-0.2, -0.15) is 0 Å². The summed E-state index contributed by atoms with van der Waals surface area (Å²) in [6.45, 7) is 2.16. The number of hydrogen-bond donors (Lipinski definition) is 0. The van der Waals surface area contributed by atoms with Crippen LogP contribution < -0.4 is 4.74 Å². The minimum absolute atomic E-state index is 0.442. The van der Waals surface area contributed by atoms with Gasteiger partial charge in [0.15, 0.2) is 11.6 Å². The summed E-state index contributed by atoms with van der Waals surface area (Å²) in [5, 5.41) is 0. The van der Waals surface area contributed by atoms with Gasteiger partial charge in [-0.25, -0.2) is 4.39 Å². The molecular weight excluding hydrogens is 404 g/mol. The zero-order valence-electron chi connectivity index (χ0n) is 17.7. The Bertz CT molecular complexity index is 915. The van der Waals surface area contributed by atoms with E-state index in [1.807, 2.05) is 36.4 Å². The molecule has 2 aromatic carbocycles. The number of alkyl halides is 3.